The van der Waals surface area contributed by atoms with E-state index in [0.717, 1.165) is 37.4 Å². The number of nitrogens with one attached hydrogen (secondary N) is 1. The predicted octanol–water partition coefficient (Wildman–Crippen LogP) is 2.08. The number of pyridine rings is 1. The van der Waals surface area contributed by atoms with E-state index in [1.54, 1.807) is 12.3 Å². The maximum atomic E-state index is 12.9. The molecule has 7 nitrogen and oxygen atoms in total. The number of likely N-dealkylation sites (tertiary alicyclic amines) is 2. The van der Waals surface area contributed by atoms with Gasteiger partial charge in [-0.05, 0) is 43.1 Å². The molecule has 0 aromatic carbocycles. The van der Waals surface area contributed by atoms with Crippen LogP contribution in [0.2, 0.25) is 0 Å². The van der Waals surface area contributed by atoms with Gasteiger partial charge >= 0.3 is 0 Å². The van der Waals surface area contributed by atoms with Crippen LogP contribution in [-0.2, 0) is 4.79 Å². The smallest absolute Gasteiger partial charge is 0.279 e. The number of thioether (sulfide) groups is 2. The number of nitrogens with zero attached hydrogens (tertiary/aromatic N) is 3. The van der Waals surface area contributed by atoms with Crippen LogP contribution in [0.3, 0.4) is 0 Å². The van der Waals surface area contributed by atoms with Crippen molar-refractivity contribution >= 4 is 40.6 Å². The van der Waals surface area contributed by atoms with Crippen LogP contribution < -0.4 is 5.32 Å². The maximum Gasteiger partial charge on any atom is 0.279 e. The lowest BCUT2D eigenvalue weighted by atomic mass is 9.77. The Kier molecular flexibility index (Phi) is 5.55. The molecule has 0 bridgehead atoms. The zero-order valence-electron chi connectivity index (χ0n) is 15.8. The minimum Gasteiger partial charge on any atom is -0.340 e. The van der Waals surface area contributed by atoms with Gasteiger partial charge in [-0.15, -0.1) is 11.8 Å². The fourth-order valence-corrected chi connectivity index (χ4v) is 5.65. The summed E-state index contributed by atoms with van der Waals surface area (Å²) in [5.41, 5.74) is 0.767. The summed E-state index contributed by atoms with van der Waals surface area (Å²) in [5, 5.41) is 3.40. The van der Waals surface area contributed by atoms with Gasteiger partial charge in [0.05, 0.1) is 5.56 Å². The fraction of sp³-hybridized carbons (Fsp3) is 0.579. The van der Waals surface area contributed by atoms with Crippen LogP contribution in [-0.4, -0.2) is 76.1 Å². The second-order valence-electron chi connectivity index (χ2n) is 7.66. The van der Waals surface area contributed by atoms with Crippen molar-refractivity contribution in [2.75, 3.05) is 38.2 Å². The highest BCUT2D eigenvalue weighted by atomic mass is 32.2. The molecule has 3 amide bonds. The summed E-state index contributed by atoms with van der Waals surface area (Å²) < 4.78 is 0. The van der Waals surface area contributed by atoms with Crippen LogP contribution in [0.15, 0.2) is 23.4 Å². The molecular weight excluding hydrogens is 396 g/mol. The summed E-state index contributed by atoms with van der Waals surface area (Å²) in [4.78, 5) is 45.1. The first-order valence-electron chi connectivity index (χ1n) is 9.52. The maximum absolute atomic E-state index is 12.9. The second-order valence-corrected chi connectivity index (χ2v) is 9.45. The van der Waals surface area contributed by atoms with Crippen molar-refractivity contribution in [3.8, 4) is 0 Å². The van der Waals surface area contributed by atoms with Gasteiger partial charge in [-0.1, -0.05) is 11.8 Å². The molecule has 4 rings (SSSR count). The Hall–Kier alpha value is -1.74. The minimum atomic E-state index is -0.384. The Balaban J connectivity index is 1.36. The molecule has 3 aliphatic heterocycles. The summed E-state index contributed by atoms with van der Waals surface area (Å²) in [6.07, 6.45) is 6.42. The van der Waals surface area contributed by atoms with E-state index in [4.69, 9.17) is 0 Å². The first kappa shape index (κ1) is 19.6. The molecule has 1 aromatic heterocycles. The summed E-state index contributed by atoms with van der Waals surface area (Å²) in [7, 11) is 0. The highest BCUT2D eigenvalue weighted by molar-refractivity contribution is 8.14. The molecule has 0 saturated carbocycles. The largest absolute Gasteiger partial charge is 0.340 e. The van der Waals surface area contributed by atoms with E-state index in [0.29, 0.717) is 24.4 Å². The quantitative estimate of drug-likeness (QED) is 0.754. The normalized spacial score (nSPS) is 23.9. The number of aromatic nitrogens is 1. The Bertz CT molecular complexity index is 795. The van der Waals surface area contributed by atoms with Crippen LogP contribution in [0.4, 0.5) is 4.79 Å². The molecule has 3 saturated heterocycles. The molecule has 0 radical (unpaired) electrons. The lowest BCUT2D eigenvalue weighted by Gasteiger charge is -2.39. The molecule has 0 unspecified atom stereocenters. The van der Waals surface area contributed by atoms with Crippen LogP contribution in [0.25, 0.3) is 0 Å². The third-order valence-corrected chi connectivity index (χ3v) is 7.62. The summed E-state index contributed by atoms with van der Waals surface area (Å²) in [6.45, 7) is 2.89. The van der Waals surface area contributed by atoms with Crippen molar-refractivity contribution in [3.63, 3.8) is 0 Å². The molecule has 1 atom stereocenters. The molecule has 0 aliphatic carbocycles. The van der Waals surface area contributed by atoms with Crippen molar-refractivity contribution in [2.45, 2.75) is 30.3 Å². The van der Waals surface area contributed by atoms with Crippen molar-refractivity contribution in [3.05, 3.63) is 23.9 Å². The Labute approximate surface area is 173 Å². The zero-order chi connectivity index (χ0) is 19.7. The van der Waals surface area contributed by atoms with E-state index in [1.165, 1.54) is 23.5 Å². The number of carbonyl (C=O) groups excluding carboxylic acids is 3. The van der Waals surface area contributed by atoms with E-state index in [-0.39, 0.29) is 28.5 Å². The van der Waals surface area contributed by atoms with Gasteiger partial charge in [0.1, 0.15) is 11.1 Å². The van der Waals surface area contributed by atoms with Gasteiger partial charge < -0.3 is 15.1 Å². The van der Waals surface area contributed by atoms with E-state index in [2.05, 4.69) is 10.3 Å². The van der Waals surface area contributed by atoms with Gasteiger partial charge in [0, 0.05) is 38.1 Å². The number of piperidine rings is 1. The second kappa shape index (κ2) is 7.94. The summed E-state index contributed by atoms with van der Waals surface area (Å²) >= 11 is 2.66. The molecule has 150 valence electrons. The first-order chi connectivity index (χ1) is 13.5. The Morgan fingerprint density at radius 2 is 1.96 bits per heavy atom. The average Bonchev–Trinajstić information content (AvgIpc) is 3.34. The number of amides is 3. The van der Waals surface area contributed by atoms with Crippen molar-refractivity contribution in [2.24, 2.45) is 5.41 Å². The van der Waals surface area contributed by atoms with Crippen LogP contribution >= 0.6 is 23.5 Å². The fourth-order valence-electron chi connectivity index (χ4n) is 4.34. The molecule has 1 N–H and O–H groups in total. The highest BCUT2D eigenvalue weighted by Crippen LogP contribution is 2.41. The highest BCUT2D eigenvalue weighted by Gasteiger charge is 2.44. The standard InChI is InChI=1S/C19H24N4O3S2/c1-27-15-13(3-2-7-20-15)16(24)22-8-4-19(5-9-22)6-10-23(12-19)17(25)14-11-28-18(26)21-14/h2-3,7,14H,4-6,8-12H2,1H3,(H,21,26)/t14-/m0/s1. The molecule has 3 fully saturated rings. The number of hydrogen-bond acceptors (Lipinski definition) is 6. The van der Waals surface area contributed by atoms with E-state index >= 15 is 0 Å². The summed E-state index contributed by atoms with van der Waals surface area (Å²) in [5.74, 6) is 0.601. The lowest BCUT2D eigenvalue weighted by Crippen LogP contribution is -2.47. The monoisotopic (exact) mass is 420 g/mol. The first-order valence-corrected chi connectivity index (χ1v) is 11.7. The third kappa shape index (κ3) is 3.74. The van der Waals surface area contributed by atoms with E-state index in [1.807, 2.05) is 22.1 Å². The minimum absolute atomic E-state index is 0.0358. The average molecular weight is 421 g/mol. The van der Waals surface area contributed by atoms with Gasteiger partial charge in [0.15, 0.2) is 0 Å². The van der Waals surface area contributed by atoms with Gasteiger partial charge in [-0.25, -0.2) is 4.98 Å². The Morgan fingerprint density at radius 3 is 2.61 bits per heavy atom. The van der Waals surface area contributed by atoms with Crippen LogP contribution in [0.1, 0.15) is 29.6 Å². The zero-order valence-corrected chi connectivity index (χ0v) is 17.5. The molecule has 28 heavy (non-hydrogen) atoms. The Morgan fingerprint density at radius 1 is 1.25 bits per heavy atom. The van der Waals surface area contributed by atoms with Crippen molar-refractivity contribution in [1.29, 1.82) is 0 Å². The lowest BCUT2D eigenvalue weighted by molar-refractivity contribution is -0.132. The molecule has 1 aromatic rings. The summed E-state index contributed by atoms with van der Waals surface area (Å²) in [6, 6.07) is 3.26. The molecule has 9 heteroatoms. The van der Waals surface area contributed by atoms with Crippen LogP contribution in [0, 0.1) is 5.41 Å². The van der Waals surface area contributed by atoms with Crippen LogP contribution in [0.5, 0.6) is 0 Å². The van der Waals surface area contributed by atoms with Gasteiger partial charge in [0.25, 0.3) is 11.1 Å². The molecule has 1 spiro atoms. The number of hydrogen-bond donors (Lipinski definition) is 1. The van der Waals surface area contributed by atoms with Crippen molar-refractivity contribution in [1.82, 2.24) is 20.1 Å². The topological polar surface area (TPSA) is 82.6 Å². The molecule has 4 heterocycles. The molecular formula is C19H24N4O3S2. The van der Waals surface area contributed by atoms with E-state index in [9.17, 15) is 14.4 Å². The SMILES string of the molecule is CSc1ncccc1C(=O)N1CCC2(CC1)CCN(C(=O)[C@@H]1CSC(=O)N1)C2. The van der Waals surface area contributed by atoms with E-state index < -0.39 is 0 Å². The van der Waals surface area contributed by atoms with Crippen molar-refractivity contribution < 1.29 is 14.4 Å². The van der Waals surface area contributed by atoms with Gasteiger partial charge in [-0.3, -0.25) is 14.4 Å². The number of carbonyl (C=O) groups is 3. The number of rotatable bonds is 3. The van der Waals surface area contributed by atoms with Gasteiger partial charge in [-0.2, -0.15) is 0 Å². The van der Waals surface area contributed by atoms with Gasteiger partial charge in [0.2, 0.25) is 5.91 Å². The predicted molar refractivity (Wildman–Crippen MR) is 110 cm³/mol. The third-order valence-electron chi connectivity index (χ3n) is 6.03. The molecule has 3 aliphatic rings.